The van der Waals surface area contributed by atoms with Gasteiger partial charge in [-0.2, -0.15) is 0 Å². The van der Waals surface area contributed by atoms with Crippen molar-refractivity contribution < 1.29 is 9.53 Å². The fourth-order valence-corrected chi connectivity index (χ4v) is 4.11. The van der Waals surface area contributed by atoms with Crippen molar-refractivity contribution in [1.82, 2.24) is 4.57 Å². The SMILES string of the molecule is COC(=O)c1c(C)n([C@H](C)C2CCC(N)CC2)c2ccccc12. The predicted molar refractivity (Wildman–Crippen MR) is 92.7 cm³/mol. The summed E-state index contributed by atoms with van der Waals surface area (Å²) in [5, 5.41) is 0.983. The third-order valence-electron chi connectivity index (χ3n) is 5.45. The number of hydrogen-bond donors (Lipinski definition) is 1. The van der Waals surface area contributed by atoms with E-state index in [0.29, 0.717) is 23.6 Å². The normalized spacial score (nSPS) is 23.0. The Balaban J connectivity index is 2.06. The number of hydrogen-bond acceptors (Lipinski definition) is 3. The smallest absolute Gasteiger partial charge is 0.340 e. The summed E-state index contributed by atoms with van der Waals surface area (Å²) in [6.07, 6.45) is 4.50. The van der Waals surface area contributed by atoms with Crippen LogP contribution in [0.1, 0.15) is 54.7 Å². The molecule has 2 aromatic rings. The zero-order chi connectivity index (χ0) is 16.6. The van der Waals surface area contributed by atoms with Gasteiger partial charge < -0.3 is 15.0 Å². The number of carbonyl (C=O) groups excluding carboxylic acids is 1. The van der Waals surface area contributed by atoms with Crippen LogP contribution in [0, 0.1) is 12.8 Å². The van der Waals surface area contributed by atoms with Gasteiger partial charge in [-0.3, -0.25) is 0 Å². The molecule has 0 amide bonds. The van der Waals surface area contributed by atoms with Crippen LogP contribution in [-0.4, -0.2) is 23.7 Å². The maximum absolute atomic E-state index is 12.3. The van der Waals surface area contributed by atoms with Crippen LogP contribution in [0.5, 0.6) is 0 Å². The van der Waals surface area contributed by atoms with E-state index in [0.717, 1.165) is 42.3 Å². The van der Waals surface area contributed by atoms with Gasteiger partial charge in [0.15, 0.2) is 0 Å². The molecule has 1 aliphatic rings. The molecule has 1 aromatic carbocycles. The molecular weight excluding hydrogens is 288 g/mol. The summed E-state index contributed by atoms with van der Waals surface area (Å²) in [5.74, 6) is 0.352. The van der Waals surface area contributed by atoms with Gasteiger partial charge in [0.25, 0.3) is 0 Å². The van der Waals surface area contributed by atoms with Gasteiger partial charge in [0.1, 0.15) is 0 Å². The monoisotopic (exact) mass is 314 g/mol. The first kappa shape index (κ1) is 16.1. The first-order valence-electron chi connectivity index (χ1n) is 8.48. The number of fused-ring (bicyclic) bond motifs is 1. The molecule has 23 heavy (non-hydrogen) atoms. The van der Waals surface area contributed by atoms with Crippen molar-refractivity contribution in [3.63, 3.8) is 0 Å². The van der Waals surface area contributed by atoms with E-state index in [4.69, 9.17) is 10.5 Å². The van der Waals surface area contributed by atoms with Gasteiger partial charge in [0.05, 0.1) is 12.7 Å². The Morgan fingerprint density at radius 1 is 1.26 bits per heavy atom. The molecule has 1 aliphatic carbocycles. The Labute approximate surface area is 137 Å². The van der Waals surface area contributed by atoms with E-state index in [1.54, 1.807) is 0 Å². The topological polar surface area (TPSA) is 57.2 Å². The third-order valence-corrected chi connectivity index (χ3v) is 5.45. The maximum atomic E-state index is 12.3. The number of carbonyl (C=O) groups is 1. The van der Waals surface area contributed by atoms with Crippen LogP contribution in [0.4, 0.5) is 0 Å². The van der Waals surface area contributed by atoms with Crippen LogP contribution < -0.4 is 5.73 Å². The summed E-state index contributed by atoms with van der Waals surface area (Å²) in [4.78, 5) is 12.3. The van der Waals surface area contributed by atoms with Crippen molar-refractivity contribution in [2.45, 2.75) is 51.6 Å². The zero-order valence-corrected chi connectivity index (χ0v) is 14.2. The maximum Gasteiger partial charge on any atom is 0.340 e. The number of esters is 1. The lowest BCUT2D eigenvalue weighted by atomic mass is 9.82. The second kappa shape index (κ2) is 6.36. The summed E-state index contributed by atoms with van der Waals surface area (Å²) in [6.45, 7) is 4.29. The molecule has 0 spiro atoms. The Morgan fingerprint density at radius 2 is 1.91 bits per heavy atom. The fraction of sp³-hybridized carbons (Fsp3) is 0.526. The molecule has 1 atom stereocenters. The van der Waals surface area contributed by atoms with Crippen molar-refractivity contribution in [2.75, 3.05) is 7.11 Å². The number of nitrogens with two attached hydrogens (primary N) is 1. The molecule has 0 bridgehead atoms. The largest absolute Gasteiger partial charge is 0.465 e. The quantitative estimate of drug-likeness (QED) is 0.876. The minimum atomic E-state index is -0.254. The van der Waals surface area contributed by atoms with Gasteiger partial charge in [-0.15, -0.1) is 0 Å². The highest BCUT2D eigenvalue weighted by atomic mass is 16.5. The van der Waals surface area contributed by atoms with Crippen molar-refractivity contribution in [2.24, 2.45) is 11.7 Å². The summed E-state index contributed by atoms with van der Waals surface area (Å²) in [5.41, 5.74) is 8.87. The first-order valence-corrected chi connectivity index (χ1v) is 8.48. The number of ether oxygens (including phenoxy) is 1. The fourth-order valence-electron chi connectivity index (χ4n) is 4.11. The summed E-state index contributed by atoms with van der Waals surface area (Å²) in [6, 6.07) is 8.82. The molecule has 2 N–H and O–H groups in total. The van der Waals surface area contributed by atoms with Gasteiger partial charge >= 0.3 is 5.97 Å². The lowest BCUT2D eigenvalue weighted by molar-refractivity contribution is 0.0601. The number of para-hydroxylation sites is 1. The molecule has 1 saturated carbocycles. The Bertz CT molecular complexity index is 711. The Hall–Kier alpha value is -1.81. The number of aromatic nitrogens is 1. The van der Waals surface area contributed by atoms with E-state index in [2.05, 4.69) is 17.6 Å². The van der Waals surface area contributed by atoms with Crippen molar-refractivity contribution in [3.05, 3.63) is 35.5 Å². The minimum absolute atomic E-state index is 0.254. The number of benzene rings is 1. The summed E-state index contributed by atoms with van der Waals surface area (Å²) in [7, 11) is 1.44. The average Bonchev–Trinajstić information content (AvgIpc) is 2.86. The third kappa shape index (κ3) is 2.76. The van der Waals surface area contributed by atoms with Gasteiger partial charge in [0, 0.05) is 28.7 Å². The highest BCUT2D eigenvalue weighted by molar-refractivity contribution is 6.05. The van der Waals surface area contributed by atoms with Crippen LogP contribution in [0.15, 0.2) is 24.3 Å². The molecule has 124 valence electrons. The number of rotatable bonds is 3. The molecule has 3 rings (SSSR count). The number of nitrogens with zero attached hydrogens (tertiary/aromatic N) is 1. The van der Waals surface area contributed by atoms with E-state index in [1.165, 1.54) is 7.11 Å². The molecule has 0 unspecified atom stereocenters. The summed E-state index contributed by atoms with van der Waals surface area (Å²) >= 11 is 0. The van der Waals surface area contributed by atoms with E-state index in [1.807, 2.05) is 25.1 Å². The Kier molecular flexibility index (Phi) is 4.44. The van der Waals surface area contributed by atoms with E-state index >= 15 is 0 Å². The van der Waals surface area contributed by atoms with Crippen molar-refractivity contribution >= 4 is 16.9 Å². The number of methoxy groups -OCH3 is 1. The highest BCUT2D eigenvalue weighted by Crippen LogP contribution is 2.37. The first-order chi connectivity index (χ1) is 11.0. The second-order valence-electron chi connectivity index (χ2n) is 6.75. The lowest BCUT2D eigenvalue weighted by Gasteiger charge is -2.32. The van der Waals surface area contributed by atoms with Crippen molar-refractivity contribution in [1.29, 1.82) is 0 Å². The highest BCUT2D eigenvalue weighted by Gasteiger charge is 2.29. The van der Waals surface area contributed by atoms with E-state index in [9.17, 15) is 4.79 Å². The van der Waals surface area contributed by atoms with E-state index < -0.39 is 0 Å². The van der Waals surface area contributed by atoms with Gasteiger partial charge in [-0.25, -0.2) is 4.79 Å². The summed E-state index contributed by atoms with van der Waals surface area (Å²) < 4.78 is 7.33. The van der Waals surface area contributed by atoms with Crippen LogP contribution >= 0.6 is 0 Å². The second-order valence-corrected chi connectivity index (χ2v) is 6.75. The molecule has 4 heteroatoms. The molecule has 1 fully saturated rings. The van der Waals surface area contributed by atoms with E-state index in [-0.39, 0.29) is 5.97 Å². The molecule has 4 nitrogen and oxygen atoms in total. The molecule has 0 saturated heterocycles. The molecule has 0 radical (unpaired) electrons. The minimum Gasteiger partial charge on any atom is -0.465 e. The molecule has 0 aliphatic heterocycles. The standard InChI is InChI=1S/C19H26N2O2/c1-12(14-8-10-15(20)11-9-14)21-13(2)18(19(22)23-3)16-6-4-5-7-17(16)21/h4-7,12,14-15H,8-11,20H2,1-3H3/t12-,14?,15?/m1/s1. The van der Waals surface area contributed by atoms with Crippen LogP contribution in [0.25, 0.3) is 10.9 Å². The lowest BCUT2D eigenvalue weighted by Crippen LogP contribution is -2.30. The predicted octanol–water partition coefficient (Wildman–Crippen LogP) is 3.81. The Morgan fingerprint density at radius 3 is 2.57 bits per heavy atom. The van der Waals surface area contributed by atoms with Crippen LogP contribution in [-0.2, 0) is 4.74 Å². The van der Waals surface area contributed by atoms with Crippen LogP contribution in [0.2, 0.25) is 0 Å². The zero-order valence-electron chi connectivity index (χ0n) is 14.2. The molecular formula is C19H26N2O2. The van der Waals surface area contributed by atoms with Crippen molar-refractivity contribution in [3.8, 4) is 0 Å². The van der Waals surface area contributed by atoms with Crippen LogP contribution in [0.3, 0.4) is 0 Å². The van der Waals surface area contributed by atoms with Gasteiger partial charge in [-0.05, 0) is 51.5 Å². The van der Waals surface area contributed by atoms with Gasteiger partial charge in [-0.1, -0.05) is 18.2 Å². The van der Waals surface area contributed by atoms with Gasteiger partial charge in [0.2, 0.25) is 0 Å². The average molecular weight is 314 g/mol. The molecule has 1 aromatic heterocycles. The molecule has 1 heterocycles.